The maximum Gasteiger partial charge on any atom is 0.404 e. The Balaban J connectivity index is 1.74. The number of amides is 2. The molecule has 0 fully saturated rings. The predicted molar refractivity (Wildman–Crippen MR) is 116 cm³/mol. The van der Waals surface area contributed by atoms with E-state index in [1.165, 1.54) is 0 Å². The van der Waals surface area contributed by atoms with E-state index in [0.29, 0.717) is 43.6 Å². The normalized spacial score (nSPS) is 13.6. The standard InChI is InChI=1S/C21H28N6O3/c1-3-23-21-24-14-17-18(25-21)26(2)10-11-27(19(17)28)16-9-6-8-15(13-16)7-4-5-12-30-20(22)29/h6,8-9,13-14H,3-5,7,10-12H2,1-2H3,(H2,22,29)(H,23,24,25). The maximum atomic E-state index is 13.3. The molecule has 0 bridgehead atoms. The summed E-state index contributed by atoms with van der Waals surface area (Å²) in [6, 6.07) is 7.97. The molecule has 0 radical (unpaired) electrons. The van der Waals surface area contributed by atoms with Crippen molar-refractivity contribution in [2.75, 3.05) is 48.4 Å². The highest BCUT2D eigenvalue weighted by molar-refractivity contribution is 6.09. The van der Waals surface area contributed by atoms with E-state index in [1.54, 1.807) is 11.1 Å². The zero-order valence-corrected chi connectivity index (χ0v) is 17.4. The van der Waals surface area contributed by atoms with Crippen molar-refractivity contribution in [2.45, 2.75) is 26.2 Å². The summed E-state index contributed by atoms with van der Waals surface area (Å²) in [7, 11) is 1.93. The summed E-state index contributed by atoms with van der Waals surface area (Å²) in [5.41, 5.74) is 7.43. The molecule has 2 amide bonds. The van der Waals surface area contributed by atoms with Gasteiger partial charge in [0.15, 0.2) is 0 Å². The summed E-state index contributed by atoms with van der Waals surface area (Å²) in [5.74, 6) is 1.05. The van der Waals surface area contributed by atoms with Crippen molar-refractivity contribution in [1.82, 2.24) is 9.97 Å². The minimum absolute atomic E-state index is 0.107. The van der Waals surface area contributed by atoms with Crippen molar-refractivity contribution < 1.29 is 14.3 Å². The van der Waals surface area contributed by atoms with E-state index in [4.69, 9.17) is 10.5 Å². The Bertz CT molecular complexity index is 904. The summed E-state index contributed by atoms with van der Waals surface area (Å²) >= 11 is 0. The van der Waals surface area contributed by atoms with Crippen molar-refractivity contribution in [3.05, 3.63) is 41.6 Å². The number of fused-ring (bicyclic) bond motifs is 1. The Hall–Kier alpha value is -3.36. The first kappa shape index (κ1) is 21.4. The van der Waals surface area contributed by atoms with Gasteiger partial charge >= 0.3 is 6.09 Å². The lowest BCUT2D eigenvalue weighted by Crippen LogP contribution is -2.33. The average molecular weight is 412 g/mol. The second-order valence-corrected chi connectivity index (χ2v) is 7.13. The number of primary amides is 1. The molecule has 0 saturated heterocycles. The van der Waals surface area contributed by atoms with Gasteiger partial charge in [0.2, 0.25) is 5.95 Å². The van der Waals surface area contributed by atoms with Gasteiger partial charge in [0, 0.05) is 38.6 Å². The van der Waals surface area contributed by atoms with Crippen LogP contribution in [0.4, 0.5) is 22.2 Å². The van der Waals surface area contributed by atoms with E-state index in [9.17, 15) is 9.59 Å². The number of benzene rings is 1. The van der Waals surface area contributed by atoms with Crippen LogP contribution in [0.5, 0.6) is 0 Å². The van der Waals surface area contributed by atoms with Gasteiger partial charge in [-0.3, -0.25) is 4.79 Å². The predicted octanol–water partition coefficient (Wildman–Crippen LogP) is 2.42. The van der Waals surface area contributed by atoms with Crippen molar-refractivity contribution in [2.24, 2.45) is 5.73 Å². The maximum absolute atomic E-state index is 13.3. The number of carbonyl (C=O) groups excluding carboxylic acids is 2. The Morgan fingerprint density at radius 3 is 2.90 bits per heavy atom. The summed E-state index contributed by atoms with van der Waals surface area (Å²) in [6.07, 6.45) is 3.27. The van der Waals surface area contributed by atoms with Crippen molar-refractivity contribution in [3.8, 4) is 0 Å². The van der Waals surface area contributed by atoms with Gasteiger partial charge in [-0.05, 0) is 43.9 Å². The second kappa shape index (κ2) is 9.91. The lowest BCUT2D eigenvalue weighted by Gasteiger charge is -2.21. The molecular weight excluding hydrogens is 384 g/mol. The lowest BCUT2D eigenvalue weighted by molar-refractivity contribution is 0.0989. The van der Waals surface area contributed by atoms with Crippen molar-refractivity contribution >= 4 is 29.5 Å². The van der Waals surface area contributed by atoms with Crippen molar-refractivity contribution in [3.63, 3.8) is 0 Å². The molecule has 3 N–H and O–H groups in total. The summed E-state index contributed by atoms with van der Waals surface area (Å²) < 4.78 is 4.76. The Kier molecular flexibility index (Phi) is 7.05. The van der Waals surface area contributed by atoms with Crippen molar-refractivity contribution in [1.29, 1.82) is 0 Å². The SMILES string of the molecule is CCNc1ncc2c(n1)N(C)CCN(c1cccc(CCCCOC(N)=O)c1)C2=O. The van der Waals surface area contributed by atoms with Crippen LogP contribution in [0.25, 0.3) is 0 Å². The van der Waals surface area contributed by atoms with E-state index in [0.717, 1.165) is 30.5 Å². The number of hydrogen-bond acceptors (Lipinski definition) is 7. The smallest absolute Gasteiger partial charge is 0.404 e. The summed E-state index contributed by atoms with van der Waals surface area (Å²) in [4.78, 5) is 36.5. The molecule has 1 aromatic heterocycles. The third-order valence-electron chi connectivity index (χ3n) is 4.93. The molecule has 1 aromatic carbocycles. The highest BCUT2D eigenvalue weighted by atomic mass is 16.5. The van der Waals surface area contributed by atoms with E-state index in [2.05, 4.69) is 15.3 Å². The second-order valence-electron chi connectivity index (χ2n) is 7.13. The van der Waals surface area contributed by atoms with Gasteiger partial charge < -0.3 is 25.6 Å². The molecule has 2 aromatic rings. The van der Waals surface area contributed by atoms with E-state index in [1.807, 2.05) is 43.1 Å². The number of nitrogens with two attached hydrogens (primary N) is 1. The number of anilines is 3. The molecule has 0 atom stereocenters. The Morgan fingerprint density at radius 1 is 1.30 bits per heavy atom. The monoisotopic (exact) mass is 412 g/mol. The third kappa shape index (κ3) is 5.16. The van der Waals surface area contributed by atoms with Gasteiger partial charge in [0.1, 0.15) is 11.4 Å². The minimum Gasteiger partial charge on any atom is -0.450 e. The van der Waals surface area contributed by atoms with Crippen LogP contribution in [0.1, 0.15) is 35.7 Å². The minimum atomic E-state index is -0.747. The van der Waals surface area contributed by atoms with Crippen LogP contribution < -0.4 is 20.9 Å². The fourth-order valence-electron chi connectivity index (χ4n) is 3.39. The largest absolute Gasteiger partial charge is 0.450 e. The number of aryl methyl sites for hydroxylation is 1. The van der Waals surface area contributed by atoms with Crippen LogP contribution in [0, 0.1) is 0 Å². The topological polar surface area (TPSA) is 114 Å². The van der Waals surface area contributed by atoms with Gasteiger partial charge in [-0.2, -0.15) is 4.98 Å². The molecule has 0 saturated carbocycles. The summed E-state index contributed by atoms with van der Waals surface area (Å²) in [6.45, 7) is 4.22. The van der Waals surface area contributed by atoms with Crippen LogP contribution in [-0.4, -0.2) is 55.3 Å². The number of hydrogen-bond donors (Lipinski definition) is 2. The molecule has 0 spiro atoms. The number of ether oxygens (including phenoxy) is 1. The first-order valence-electron chi connectivity index (χ1n) is 10.1. The molecule has 0 unspecified atom stereocenters. The first-order chi connectivity index (χ1) is 14.5. The van der Waals surface area contributed by atoms with E-state index >= 15 is 0 Å². The fourth-order valence-corrected chi connectivity index (χ4v) is 3.39. The number of carbonyl (C=O) groups is 2. The van der Waals surface area contributed by atoms with E-state index in [-0.39, 0.29) is 5.91 Å². The Labute approximate surface area is 176 Å². The molecule has 2 heterocycles. The van der Waals surface area contributed by atoms with Crippen LogP contribution in [0.2, 0.25) is 0 Å². The summed E-state index contributed by atoms with van der Waals surface area (Å²) in [5, 5.41) is 3.09. The third-order valence-corrected chi connectivity index (χ3v) is 4.93. The zero-order valence-electron chi connectivity index (χ0n) is 17.4. The van der Waals surface area contributed by atoms with Crippen LogP contribution in [-0.2, 0) is 11.2 Å². The number of nitrogens with zero attached hydrogens (tertiary/aromatic N) is 4. The molecule has 1 aliphatic heterocycles. The van der Waals surface area contributed by atoms with Crippen LogP contribution in [0.15, 0.2) is 30.5 Å². The van der Waals surface area contributed by atoms with Crippen LogP contribution in [0.3, 0.4) is 0 Å². The molecular formula is C21H28N6O3. The highest BCUT2D eigenvalue weighted by Gasteiger charge is 2.28. The zero-order chi connectivity index (χ0) is 21.5. The van der Waals surface area contributed by atoms with Gasteiger partial charge in [-0.1, -0.05) is 12.1 Å². The van der Waals surface area contributed by atoms with Gasteiger partial charge in [-0.25, -0.2) is 9.78 Å². The molecule has 3 rings (SSSR count). The molecule has 9 nitrogen and oxygen atoms in total. The number of likely N-dealkylation sites (N-methyl/N-ethyl adjacent to an activating group) is 1. The van der Waals surface area contributed by atoms with E-state index < -0.39 is 6.09 Å². The molecule has 0 aliphatic carbocycles. The Morgan fingerprint density at radius 2 is 2.13 bits per heavy atom. The number of nitrogens with one attached hydrogen (secondary N) is 1. The quantitative estimate of drug-likeness (QED) is 0.640. The molecule has 1 aliphatic rings. The highest BCUT2D eigenvalue weighted by Crippen LogP contribution is 2.27. The molecule has 160 valence electrons. The molecule has 9 heteroatoms. The first-order valence-corrected chi connectivity index (χ1v) is 10.1. The number of rotatable bonds is 8. The molecule has 30 heavy (non-hydrogen) atoms. The number of aromatic nitrogens is 2. The average Bonchev–Trinajstić information content (AvgIpc) is 2.85. The lowest BCUT2D eigenvalue weighted by atomic mass is 10.1. The van der Waals surface area contributed by atoms with Gasteiger partial charge in [0.05, 0.1) is 6.61 Å². The number of unbranched alkanes of at least 4 members (excludes halogenated alkanes) is 1. The fraction of sp³-hybridized carbons (Fsp3) is 0.429. The van der Waals surface area contributed by atoms with Gasteiger partial charge in [-0.15, -0.1) is 0 Å². The van der Waals surface area contributed by atoms with Crippen LogP contribution >= 0.6 is 0 Å². The van der Waals surface area contributed by atoms with Gasteiger partial charge in [0.25, 0.3) is 5.91 Å².